The van der Waals surface area contributed by atoms with Gasteiger partial charge >= 0.3 is 0 Å². The fourth-order valence-electron chi connectivity index (χ4n) is 1.18. The first-order valence-corrected chi connectivity index (χ1v) is 5.61. The van der Waals surface area contributed by atoms with Crippen molar-refractivity contribution in [2.45, 2.75) is 6.42 Å². The van der Waals surface area contributed by atoms with Gasteiger partial charge in [-0.05, 0) is 12.1 Å². The van der Waals surface area contributed by atoms with E-state index < -0.39 is 0 Å². The van der Waals surface area contributed by atoms with Gasteiger partial charge in [-0.15, -0.1) is 0 Å². The molecule has 0 atom stereocenters. The summed E-state index contributed by atoms with van der Waals surface area (Å²) in [6.07, 6.45) is 1.97. The van der Waals surface area contributed by atoms with Crippen molar-refractivity contribution in [3.05, 3.63) is 29.6 Å². The van der Waals surface area contributed by atoms with Crippen molar-refractivity contribution in [1.29, 1.82) is 0 Å². The number of hydrogen-bond donors (Lipinski definition) is 2. The minimum absolute atomic E-state index is 0.0421. The molecule has 0 aliphatic carbocycles. The summed E-state index contributed by atoms with van der Waals surface area (Å²) in [5.74, 6) is 5.39. The predicted molar refractivity (Wildman–Crippen MR) is 67.0 cm³/mol. The summed E-state index contributed by atoms with van der Waals surface area (Å²) in [7, 11) is 1.57. The van der Waals surface area contributed by atoms with Gasteiger partial charge in [-0.25, -0.2) is 4.98 Å². The first kappa shape index (κ1) is 14.2. The van der Waals surface area contributed by atoms with Crippen molar-refractivity contribution in [2.75, 3.05) is 26.9 Å². The number of nitrogens with one attached hydrogen (secondary N) is 1. The molecule has 0 spiro atoms. The fourth-order valence-corrected chi connectivity index (χ4v) is 1.18. The molecule has 5 heteroatoms. The summed E-state index contributed by atoms with van der Waals surface area (Å²) in [5.41, 5.74) is 1.07. The number of carbonyl (C=O) groups is 1. The van der Waals surface area contributed by atoms with Crippen LogP contribution in [0.15, 0.2) is 18.3 Å². The average Bonchev–Trinajstić information content (AvgIpc) is 2.40. The van der Waals surface area contributed by atoms with E-state index in [4.69, 9.17) is 9.84 Å². The van der Waals surface area contributed by atoms with E-state index >= 15 is 0 Å². The number of rotatable bonds is 5. The van der Waals surface area contributed by atoms with Gasteiger partial charge in [0.1, 0.15) is 5.69 Å². The average molecular weight is 248 g/mol. The number of amides is 1. The van der Waals surface area contributed by atoms with Gasteiger partial charge in [-0.2, -0.15) is 0 Å². The van der Waals surface area contributed by atoms with Gasteiger partial charge in [0.05, 0.1) is 13.2 Å². The van der Waals surface area contributed by atoms with Crippen LogP contribution in [0.2, 0.25) is 0 Å². The van der Waals surface area contributed by atoms with Crippen molar-refractivity contribution < 1.29 is 14.6 Å². The SMILES string of the molecule is COCCNC(=O)c1ccc(C#CCCO)cn1. The number of hydrogen-bond acceptors (Lipinski definition) is 4. The summed E-state index contributed by atoms with van der Waals surface area (Å²) in [6.45, 7) is 0.964. The lowest BCUT2D eigenvalue weighted by molar-refractivity contribution is 0.0932. The highest BCUT2D eigenvalue weighted by molar-refractivity contribution is 5.92. The Morgan fingerprint density at radius 2 is 2.39 bits per heavy atom. The summed E-state index contributed by atoms with van der Waals surface area (Å²) in [5, 5.41) is 11.3. The van der Waals surface area contributed by atoms with Crippen LogP contribution in [0.25, 0.3) is 0 Å². The first-order valence-electron chi connectivity index (χ1n) is 5.61. The fraction of sp³-hybridized carbons (Fsp3) is 0.385. The number of nitrogens with zero attached hydrogens (tertiary/aromatic N) is 1. The molecular weight excluding hydrogens is 232 g/mol. The normalized spacial score (nSPS) is 9.44. The van der Waals surface area contributed by atoms with Gasteiger partial charge in [-0.3, -0.25) is 4.79 Å². The molecule has 1 rings (SSSR count). The number of aliphatic hydroxyl groups is 1. The van der Waals surface area contributed by atoms with Crippen LogP contribution in [0.3, 0.4) is 0 Å². The smallest absolute Gasteiger partial charge is 0.269 e. The lowest BCUT2D eigenvalue weighted by atomic mass is 10.2. The molecule has 2 N–H and O–H groups in total. The van der Waals surface area contributed by atoms with Crippen LogP contribution in [0.1, 0.15) is 22.5 Å². The van der Waals surface area contributed by atoms with E-state index in [1.165, 1.54) is 6.20 Å². The van der Waals surface area contributed by atoms with Gasteiger partial charge < -0.3 is 15.2 Å². The summed E-state index contributed by atoms with van der Waals surface area (Å²) in [4.78, 5) is 15.6. The van der Waals surface area contributed by atoms with Crippen LogP contribution in [-0.2, 0) is 4.74 Å². The molecular formula is C13H16N2O3. The van der Waals surface area contributed by atoms with E-state index in [-0.39, 0.29) is 12.5 Å². The molecule has 0 radical (unpaired) electrons. The van der Waals surface area contributed by atoms with Crippen molar-refractivity contribution >= 4 is 5.91 Å². The zero-order chi connectivity index (χ0) is 13.2. The topological polar surface area (TPSA) is 71.5 Å². The number of pyridine rings is 1. The summed E-state index contributed by atoms with van der Waals surface area (Å²) >= 11 is 0. The highest BCUT2D eigenvalue weighted by Gasteiger charge is 2.05. The standard InChI is InChI=1S/C13H16N2O3/c1-18-9-7-14-13(17)12-6-5-11(10-15-12)4-2-3-8-16/h5-6,10,16H,3,7-9H2,1H3,(H,14,17). The maximum atomic E-state index is 11.6. The second-order valence-electron chi connectivity index (χ2n) is 3.46. The molecule has 18 heavy (non-hydrogen) atoms. The Morgan fingerprint density at radius 3 is 3.00 bits per heavy atom. The lowest BCUT2D eigenvalue weighted by Gasteiger charge is -2.03. The maximum absolute atomic E-state index is 11.6. The predicted octanol–water partition coefficient (Wildman–Crippen LogP) is 0.192. The minimum atomic E-state index is -0.234. The third-order valence-corrected chi connectivity index (χ3v) is 2.06. The molecule has 0 aliphatic heterocycles. The molecule has 0 saturated heterocycles. The Balaban J connectivity index is 2.54. The number of ether oxygens (including phenoxy) is 1. The highest BCUT2D eigenvalue weighted by atomic mass is 16.5. The van der Waals surface area contributed by atoms with E-state index in [2.05, 4.69) is 22.1 Å². The maximum Gasteiger partial charge on any atom is 0.269 e. The Hall–Kier alpha value is -1.90. The zero-order valence-electron chi connectivity index (χ0n) is 10.3. The molecule has 1 heterocycles. The molecule has 5 nitrogen and oxygen atoms in total. The lowest BCUT2D eigenvalue weighted by Crippen LogP contribution is -2.27. The van der Waals surface area contributed by atoms with Crippen molar-refractivity contribution in [1.82, 2.24) is 10.3 Å². The van der Waals surface area contributed by atoms with E-state index in [9.17, 15) is 4.79 Å². The Morgan fingerprint density at radius 1 is 1.56 bits per heavy atom. The van der Waals surface area contributed by atoms with Crippen LogP contribution in [0.4, 0.5) is 0 Å². The molecule has 0 saturated carbocycles. The van der Waals surface area contributed by atoms with Crippen LogP contribution in [-0.4, -0.2) is 42.9 Å². The molecule has 1 amide bonds. The molecule has 0 unspecified atom stereocenters. The van der Waals surface area contributed by atoms with Gasteiger partial charge in [-0.1, -0.05) is 11.8 Å². The van der Waals surface area contributed by atoms with Gasteiger partial charge in [0.2, 0.25) is 0 Å². The van der Waals surface area contributed by atoms with E-state index in [0.717, 1.165) is 5.56 Å². The number of aliphatic hydroxyl groups excluding tert-OH is 1. The number of aromatic nitrogens is 1. The zero-order valence-corrected chi connectivity index (χ0v) is 10.3. The second kappa shape index (κ2) is 8.23. The molecule has 0 bridgehead atoms. The van der Waals surface area contributed by atoms with E-state index in [1.54, 1.807) is 19.2 Å². The van der Waals surface area contributed by atoms with Crippen molar-refractivity contribution in [2.24, 2.45) is 0 Å². The van der Waals surface area contributed by atoms with E-state index in [1.807, 2.05) is 0 Å². The quantitative estimate of drug-likeness (QED) is 0.576. The minimum Gasteiger partial charge on any atom is -0.395 e. The monoisotopic (exact) mass is 248 g/mol. The van der Waals surface area contributed by atoms with Crippen LogP contribution in [0, 0.1) is 11.8 Å². The Kier molecular flexibility index (Phi) is 6.47. The van der Waals surface area contributed by atoms with E-state index in [0.29, 0.717) is 25.3 Å². The van der Waals surface area contributed by atoms with Gasteiger partial charge in [0.25, 0.3) is 5.91 Å². The molecule has 1 aromatic heterocycles. The largest absolute Gasteiger partial charge is 0.395 e. The van der Waals surface area contributed by atoms with Gasteiger partial charge in [0, 0.05) is 31.8 Å². The van der Waals surface area contributed by atoms with Crippen molar-refractivity contribution in [3.63, 3.8) is 0 Å². The van der Waals surface area contributed by atoms with Crippen LogP contribution < -0.4 is 5.32 Å². The summed E-state index contributed by atoms with van der Waals surface area (Å²) in [6, 6.07) is 3.34. The third kappa shape index (κ3) is 4.95. The molecule has 1 aromatic rings. The highest BCUT2D eigenvalue weighted by Crippen LogP contribution is 1.99. The number of methoxy groups -OCH3 is 1. The van der Waals surface area contributed by atoms with Crippen molar-refractivity contribution in [3.8, 4) is 11.8 Å². The van der Waals surface area contributed by atoms with Crippen LogP contribution >= 0.6 is 0 Å². The molecule has 96 valence electrons. The van der Waals surface area contributed by atoms with Crippen LogP contribution in [0.5, 0.6) is 0 Å². The third-order valence-electron chi connectivity index (χ3n) is 2.06. The summed E-state index contributed by atoms with van der Waals surface area (Å²) < 4.78 is 4.83. The Labute approximate surface area is 106 Å². The van der Waals surface area contributed by atoms with Gasteiger partial charge in [0.15, 0.2) is 0 Å². The number of carbonyl (C=O) groups excluding carboxylic acids is 1. The molecule has 0 aromatic carbocycles. The molecule has 0 fully saturated rings. The second-order valence-corrected chi connectivity index (χ2v) is 3.46. The Bertz CT molecular complexity index is 432. The molecule has 0 aliphatic rings. The first-order chi connectivity index (χ1) is 8.77.